The van der Waals surface area contributed by atoms with Gasteiger partial charge in [0.1, 0.15) is 29.9 Å². The largest absolute Gasteiger partial charge is 0.492 e. The molecule has 3 aliphatic heterocycles. The first-order valence-electron chi connectivity index (χ1n) is 23.0. The molecule has 5 heterocycles. The molecule has 344 valence electrons. The van der Waals surface area contributed by atoms with Gasteiger partial charge in [-0.2, -0.15) is 5.26 Å². The first-order chi connectivity index (χ1) is 32.4. The molecule has 2 aromatic heterocycles. The van der Waals surface area contributed by atoms with Crippen LogP contribution in [0.25, 0.3) is 22.4 Å². The number of ether oxygens (including phenoxy) is 2. The summed E-state index contributed by atoms with van der Waals surface area (Å²) in [5, 5.41) is 13.2. The van der Waals surface area contributed by atoms with Crippen molar-refractivity contribution in [3.63, 3.8) is 0 Å². The molecule has 0 bridgehead atoms. The molecule has 1 atom stereocenters. The summed E-state index contributed by atoms with van der Waals surface area (Å²) < 4.78 is 29.2. The Labute approximate surface area is 391 Å². The highest BCUT2D eigenvalue weighted by molar-refractivity contribution is 6.14. The summed E-state index contributed by atoms with van der Waals surface area (Å²) >= 11 is 0. The van der Waals surface area contributed by atoms with Crippen molar-refractivity contribution in [2.24, 2.45) is 14.1 Å². The summed E-state index contributed by atoms with van der Waals surface area (Å²) in [6.45, 7) is 11.8. The van der Waals surface area contributed by atoms with Crippen molar-refractivity contribution < 1.29 is 28.2 Å². The number of carbonyl (C=O) groups is 3. The van der Waals surface area contributed by atoms with E-state index in [2.05, 4.69) is 41.4 Å². The van der Waals surface area contributed by atoms with E-state index in [4.69, 9.17) is 9.47 Å². The molecule has 1 saturated heterocycles. The van der Waals surface area contributed by atoms with Crippen LogP contribution in [0.5, 0.6) is 5.75 Å². The Bertz CT molecular complexity index is 2910. The molecule has 9 rings (SSSR count). The van der Waals surface area contributed by atoms with Gasteiger partial charge in [-0.25, -0.2) is 4.39 Å². The Hall–Kier alpha value is -7.01. The van der Waals surface area contributed by atoms with Crippen LogP contribution in [0.1, 0.15) is 72.5 Å². The molecule has 6 aromatic rings. The molecule has 3 aliphatic rings. The van der Waals surface area contributed by atoms with Crippen LogP contribution in [0.2, 0.25) is 0 Å². The molecule has 13 heteroatoms. The van der Waals surface area contributed by atoms with Crippen LogP contribution in [0, 0.1) is 31.0 Å². The normalized spacial score (nSPS) is 16.0. The molecule has 0 unspecified atom stereocenters. The van der Waals surface area contributed by atoms with Gasteiger partial charge >= 0.3 is 0 Å². The number of aromatic nitrogens is 2. The van der Waals surface area contributed by atoms with E-state index < -0.39 is 11.7 Å². The molecule has 0 spiro atoms. The van der Waals surface area contributed by atoms with Crippen molar-refractivity contribution in [3.8, 4) is 34.2 Å². The molecule has 12 nitrogen and oxygen atoms in total. The van der Waals surface area contributed by atoms with Crippen LogP contribution in [0.3, 0.4) is 0 Å². The minimum Gasteiger partial charge on any atom is -0.492 e. The highest BCUT2D eigenvalue weighted by Crippen LogP contribution is 2.44. The van der Waals surface area contributed by atoms with Crippen molar-refractivity contribution in [1.82, 2.24) is 23.8 Å². The molecule has 1 N–H and O–H groups in total. The summed E-state index contributed by atoms with van der Waals surface area (Å²) in [5.74, 6) is -0.221. The SMILES string of the molecule is Cc1c(-c2c(C(=O)Nc3ccc(F)cc3)c(C)n(C)c2-c2cc3c(cc2C(=O)N2Cc4ccccc4C[C@H]2C)CN(C(=O)Cc2ccc(OCCN4CCOCC4)cc2)CC3)cc(C#N)n1C. The van der Waals surface area contributed by atoms with Crippen LogP contribution in [0.15, 0.2) is 91.0 Å². The Morgan fingerprint density at radius 1 is 0.836 bits per heavy atom. The van der Waals surface area contributed by atoms with Gasteiger partial charge in [0, 0.05) is 98.7 Å². The van der Waals surface area contributed by atoms with Gasteiger partial charge in [-0.1, -0.05) is 36.4 Å². The lowest BCUT2D eigenvalue weighted by atomic mass is 9.87. The summed E-state index contributed by atoms with van der Waals surface area (Å²) in [6.07, 6.45) is 1.49. The molecule has 67 heavy (non-hydrogen) atoms. The lowest BCUT2D eigenvalue weighted by Gasteiger charge is -2.36. The number of amides is 3. The second-order valence-electron chi connectivity index (χ2n) is 18.0. The predicted molar refractivity (Wildman–Crippen MR) is 255 cm³/mol. The average molecular weight is 902 g/mol. The third-order valence-corrected chi connectivity index (χ3v) is 14.0. The quantitative estimate of drug-likeness (QED) is 0.140. The molecule has 0 saturated carbocycles. The molecule has 1 fully saturated rings. The molecular formula is C54H56FN7O5. The zero-order valence-electron chi connectivity index (χ0n) is 38.8. The highest BCUT2D eigenvalue weighted by atomic mass is 19.1. The van der Waals surface area contributed by atoms with Crippen LogP contribution in [-0.4, -0.2) is 93.6 Å². The van der Waals surface area contributed by atoms with Gasteiger partial charge in [-0.05, 0) is 116 Å². The number of nitrogens with one attached hydrogen (secondary N) is 1. The van der Waals surface area contributed by atoms with Crippen LogP contribution >= 0.6 is 0 Å². The van der Waals surface area contributed by atoms with Gasteiger partial charge in [-0.3, -0.25) is 19.3 Å². The fourth-order valence-corrected chi connectivity index (χ4v) is 9.85. The van der Waals surface area contributed by atoms with E-state index in [1.54, 1.807) is 10.6 Å². The van der Waals surface area contributed by atoms with Gasteiger partial charge in [-0.15, -0.1) is 0 Å². The lowest BCUT2D eigenvalue weighted by Crippen LogP contribution is -2.43. The second kappa shape index (κ2) is 19.1. The summed E-state index contributed by atoms with van der Waals surface area (Å²) in [7, 11) is 3.71. The third kappa shape index (κ3) is 9.11. The maximum absolute atomic E-state index is 15.4. The highest BCUT2D eigenvalue weighted by Gasteiger charge is 2.35. The van der Waals surface area contributed by atoms with E-state index in [0.29, 0.717) is 89.7 Å². The van der Waals surface area contributed by atoms with E-state index in [-0.39, 0.29) is 24.3 Å². The van der Waals surface area contributed by atoms with Gasteiger partial charge in [0.15, 0.2) is 0 Å². The lowest BCUT2D eigenvalue weighted by molar-refractivity contribution is -0.131. The van der Waals surface area contributed by atoms with Crippen molar-refractivity contribution in [2.75, 3.05) is 51.3 Å². The zero-order chi connectivity index (χ0) is 46.9. The molecular weight excluding hydrogens is 846 g/mol. The van der Waals surface area contributed by atoms with Gasteiger partial charge in [0.2, 0.25) is 5.91 Å². The van der Waals surface area contributed by atoms with Crippen LogP contribution < -0.4 is 10.1 Å². The standard InChI is InChI=1S/C54H56FN7O5/c1-34-26-38-8-6-7-9-40(38)33-62(34)54(65)48-29-41-32-61(49(63)27-37-10-16-45(17-11-37)67-25-22-60-20-23-66-24-21-60)19-18-39(41)28-47(48)52-51(46-30-44(31-56)58(4)35(46)2)50(36(3)59(52)5)53(64)57-43-14-12-42(55)13-15-43/h6-17,28-30,34H,18-27,32-33H2,1-5H3,(H,57,64)/t34-/m1/s1. The number of nitrogens with zero attached hydrogens (tertiary/aromatic N) is 6. The van der Waals surface area contributed by atoms with Crippen molar-refractivity contribution >= 4 is 23.4 Å². The number of halogens is 1. The number of benzene rings is 4. The van der Waals surface area contributed by atoms with E-state index in [0.717, 1.165) is 66.5 Å². The minimum atomic E-state index is -0.420. The number of carbonyl (C=O) groups excluding carboxylic acids is 3. The maximum atomic E-state index is 15.4. The number of hydrogen-bond acceptors (Lipinski definition) is 7. The van der Waals surface area contributed by atoms with E-state index in [1.807, 2.05) is 84.8 Å². The summed E-state index contributed by atoms with van der Waals surface area (Å²) in [4.78, 5) is 50.1. The second-order valence-corrected chi connectivity index (χ2v) is 18.0. The average Bonchev–Trinajstić information content (AvgIpc) is 3.77. The smallest absolute Gasteiger partial charge is 0.258 e. The Morgan fingerprint density at radius 3 is 2.28 bits per heavy atom. The first-order valence-corrected chi connectivity index (χ1v) is 23.0. The van der Waals surface area contributed by atoms with Gasteiger partial charge in [0.05, 0.1) is 30.9 Å². The molecule has 4 aromatic carbocycles. The summed E-state index contributed by atoms with van der Waals surface area (Å²) in [5.41, 5.74) is 10.8. The number of fused-ring (bicyclic) bond motifs is 2. The van der Waals surface area contributed by atoms with E-state index in [1.165, 1.54) is 29.8 Å². The molecule has 0 aliphatic carbocycles. The topological polar surface area (TPSA) is 125 Å². The van der Waals surface area contributed by atoms with Gasteiger partial charge in [0.25, 0.3) is 11.8 Å². The molecule has 3 amide bonds. The first kappa shape index (κ1) is 45.2. The van der Waals surface area contributed by atoms with Crippen molar-refractivity contribution in [2.45, 2.75) is 59.2 Å². The number of rotatable bonds is 11. The van der Waals surface area contributed by atoms with E-state index >= 15 is 4.79 Å². The fourth-order valence-electron chi connectivity index (χ4n) is 9.85. The predicted octanol–water partition coefficient (Wildman–Crippen LogP) is 8.00. The summed E-state index contributed by atoms with van der Waals surface area (Å²) in [6, 6.07) is 29.6. The van der Waals surface area contributed by atoms with Crippen LogP contribution in [0.4, 0.5) is 10.1 Å². The minimum absolute atomic E-state index is 0.00477. The number of anilines is 1. The van der Waals surface area contributed by atoms with Crippen LogP contribution in [-0.2, 0) is 56.0 Å². The fraction of sp³-hybridized carbons (Fsp3) is 0.333. The van der Waals surface area contributed by atoms with Gasteiger partial charge < -0.3 is 33.7 Å². The van der Waals surface area contributed by atoms with E-state index in [9.17, 15) is 19.2 Å². The number of hydrogen-bond donors (Lipinski definition) is 1. The Morgan fingerprint density at radius 2 is 1.57 bits per heavy atom. The Kier molecular flexibility index (Phi) is 12.9. The molecule has 0 radical (unpaired) electrons. The van der Waals surface area contributed by atoms with Crippen molar-refractivity contribution in [1.29, 1.82) is 5.26 Å². The zero-order valence-corrected chi connectivity index (χ0v) is 38.8. The Balaban J connectivity index is 1.08. The maximum Gasteiger partial charge on any atom is 0.258 e. The third-order valence-electron chi connectivity index (χ3n) is 14.0. The number of morpholine rings is 1. The van der Waals surface area contributed by atoms with Crippen molar-refractivity contribution in [3.05, 3.63) is 153 Å². The monoisotopic (exact) mass is 901 g/mol. The number of nitriles is 1.